The van der Waals surface area contributed by atoms with Crippen LogP contribution in [0.3, 0.4) is 0 Å². The van der Waals surface area contributed by atoms with Gasteiger partial charge in [-0.15, -0.1) is 11.3 Å². The lowest BCUT2D eigenvalue weighted by atomic mass is 10.1. The summed E-state index contributed by atoms with van der Waals surface area (Å²) in [6.07, 6.45) is 3.11. The van der Waals surface area contributed by atoms with Crippen LogP contribution in [0.5, 0.6) is 0 Å². The Morgan fingerprint density at radius 2 is 2.15 bits per heavy atom. The van der Waals surface area contributed by atoms with E-state index in [1.54, 1.807) is 11.3 Å². The average Bonchev–Trinajstić information content (AvgIpc) is 3.16. The predicted molar refractivity (Wildman–Crippen MR) is 103 cm³/mol. The van der Waals surface area contributed by atoms with Gasteiger partial charge in [0.25, 0.3) is 5.56 Å². The number of nitrogens with two attached hydrogens (primary N) is 1. The molecule has 0 bridgehead atoms. The Bertz CT molecular complexity index is 1060. The van der Waals surface area contributed by atoms with Crippen LogP contribution in [0.4, 0.5) is 4.39 Å². The first-order valence-electron chi connectivity index (χ1n) is 8.45. The van der Waals surface area contributed by atoms with Gasteiger partial charge in [0.1, 0.15) is 23.2 Å². The van der Waals surface area contributed by atoms with Crippen molar-refractivity contribution in [3.8, 4) is 0 Å². The smallest absolute Gasteiger partial charge is 0.260 e. The number of hydrogen-bond donors (Lipinski definition) is 2. The molecule has 1 aliphatic rings. The molecule has 0 spiro atoms. The molecule has 0 fully saturated rings. The molecule has 0 amide bonds. The number of rotatable bonds is 4. The third kappa shape index (κ3) is 3.16. The molecule has 0 saturated heterocycles. The number of benzene rings is 1. The Labute approximate surface area is 163 Å². The van der Waals surface area contributed by atoms with E-state index < -0.39 is 5.82 Å². The van der Waals surface area contributed by atoms with Gasteiger partial charge in [0.15, 0.2) is 5.82 Å². The van der Waals surface area contributed by atoms with Crippen LogP contribution in [0.25, 0.3) is 10.2 Å². The van der Waals surface area contributed by atoms with E-state index in [2.05, 4.69) is 9.97 Å². The van der Waals surface area contributed by atoms with Crippen molar-refractivity contribution in [1.29, 1.82) is 0 Å². The summed E-state index contributed by atoms with van der Waals surface area (Å²) in [5, 5.41) is 3.14. The third-order valence-electron chi connectivity index (χ3n) is 4.82. The van der Waals surface area contributed by atoms with Crippen LogP contribution >= 0.6 is 34.5 Å². The van der Waals surface area contributed by atoms with Crippen molar-refractivity contribution in [3.05, 3.63) is 60.2 Å². The fraction of sp³-hybridized carbons (Fsp3) is 0.333. The molecule has 0 saturated carbocycles. The van der Waals surface area contributed by atoms with Gasteiger partial charge in [-0.05, 0) is 43.9 Å². The average molecular weight is 413 g/mol. The Morgan fingerprint density at radius 1 is 1.35 bits per heavy atom. The van der Waals surface area contributed by atoms with Gasteiger partial charge in [-0.3, -0.25) is 4.79 Å². The number of hydrogen-bond acceptors (Lipinski definition) is 3. The predicted octanol–water partition coefficient (Wildman–Crippen LogP) is 3.74. The molecule has 2 heterocycles. The lowest BCUT2D eigenvalue weighted by Crippen LogP contribution is -2.83. The van der Waals surface area contributed by atoms with Crippen molar-refractivity contribution in [2.24, 2.45) is 0 Å². The van der Waals surface area contributed by atoms with Crippen LogP contribution in [0.15, 0.2) is 16.9 Å². The highest BCUT2D eigenvalue weighted by molar-refractivity contribution is 7.18. The second-order valence-corrected chi connectivity index (χ2v) is 8.46. The standard InChI is InChI=1S/C18H16Cl2FN3OS/c1-8(10-5-13(21)12(20)6-11(10)19)22-7-15-23-17(25)16-9-3-2-4-14(9)26-18(16)24-15/h5-6,8,22H,2-4,7H2,1H3,(H,23,24,25)/p+1/t8-/m0/s1. The van der Waals surface area contributed by atoms with E-state index >= 15 is 0 Å². The molecule has 0 radical (unpaired) electrons. The Balaban J connectivity index is 1.56. The lowest BCUT2D eigenvalue weighted by Gasteiger charge is -2.13. The van der Waals surface area contributed by atoms with Crippen LogP contribution < -0.4 is 10.9 Å². The topological polar surface area (TPSA) is 62.4 Å². The van der Waals surface area contributed by atoms with Gasteiger partial charge in [-0.25, -0.2) is 9.37 Å². The number of quaternary nitrogens is 1. The molecule has 2 aromatic heterocycles. The second kappa shape index (κ2) is 6.93. The number of aromatic nitrogens is 2. The van der Waals surface area contributed by atoms with E-state index in [1.165, 1.54) is 22.6 Å². The molecule has 26 heavy (non-hydrogen) atoms. The largest absolute Gasteiger partial charge is 0.334 e. The fourth-order valence-electron chi connectivity index (χ4n) is 3.45. The van der Waals surface area contributed by atoms with Crippen LogP contribution in [0, 0.1) is 5.82 Å². The van der Waals surface area contributed by atoms with Gasteiger partial charge in [-0.1, -0.05) is 23.2 Å². The normalized spacial score (nSPS) is 14.8. The summed E-state index contributed by atoms with van der Waals surface area (Å²) in [6.45, 7) is 2.39. The first-order valence-corrected chi connectivity index (χ1v) is 10.0. The minimum absolute atomic E-state index is 0.00754. The molecule has 1 aliphatic carbocycles. The number of nitrogens with one attached hydrogen (secondary N) is 1. The first kappa shape index (κ1) is 17.9. The van der Waals surface area contributed by atoms with E-state index in [0.717, 1.165) is 29.5 Å². The number of thiophene rings is 1. The minimum Gasteiger partial charge on any atom is -0.334 e. The minimum atomic E-state index is -0.493. The molecule has 4 rings (SSSR count). The van der Waals surface area contributed by atoms with Gasteiger partial charge in [0.2, 0.25) is 0 Å². The molecule has 1 aromatic carbocycles. The molecule has 0 aliphatic heterocycles. The highest BCUT2D eigenvalue weighted by atomic mass is 35.5. The number of H-pyrrole nitrogens is 1. The summed E-state index contributed by atoms with van der Waals surface area (Å²) >= 11 is 13.6. The molecule has 136 valence electrons. The Morgan fingerprint density at radius 3 is 2.96 bits per heavy atom. The molecule has 8 heteroatoms. The molecule has 3 aromatic rings. The van der Waals surface area contributed by atoms with Crippen LogP contribution in [0.1, 0.15) is 41.2 Å². The quantitative estimate of drug-likeness (QED) is 0.640. The Hall–Kier alpha value is -1.47. The maximum atomic E-state index is 13.7. The van der Waals surface area contributed by atoms with Crippen molar-refractivity contribution in [2.45, 2.75) is 38.8 Å². The zero-order valence-electron chi connectivity index (χ0n) is 14.0. The number of aromatic amines is 1. The maximum Gasteiger partial charge on any atom is 0.260 e. The molecule has 4 nitrogen and oxygen atoms in total. The van der Waals surface area contributed by atoms with Gasteiger partial charge in [0.05, 0.1) is 15.4 Å². The summed E-state index contributed by atoms with van der Waals surface area (Å²) in [6, 6.07) is 2.66. The number of aryl methyl sites for hydroxylation is 2. The SMILES string of the molecule is C[C@H]([NH2+]Cc1nc2sc3c(c2c(=O)[nH]1)CCC3)c1cc(F)c(Cl)cc1Cl. The highest BCUT2D eigenvalue weighted by Crippen LogP contribution is 2.34. The van der Waals surface area contributed by atoms with E-state index in [9.17, 15) is 9.18 Å². The summed E-state index contributed by atoms with van der Waals surface area (Å²) in [4.78, 5) is 22.1. The van der Waals surface area contributed by atoms with Gasteiger partial charge < -0.3 is 10.3 Å². The zero-order valence-corrected chi connectivity index (χ0v) is 16.4. The van der Waals surface area contributed by atoms with E-state index in [4.69, 9.17) is 23.2 Å². The zero-order chi connectivity index (χ0) is 18.4. The van der Waals surface area contributed by atoms with Crippen molar-refractivity contribution in [1.82, 2.24) is 9.97 Å². The summed E-state index contributed by atoms with van der Waals surface area (Å²) < 4.78 is 13.7. The summed E-state index contributed by atoms with van der Waals surface area (Å²) in [7, 11) is 0. The van der Waals surface area contributed by atoms with Crippen molar-refractivity contribution < 1.29 is 9.71 Å². The van der Waals surface area contributed by atoms with Crippen LogP contribution in [0.2, 0.25) is 10.0 Å². The van der Waals surface area contributed by atoms with Gasteiger partial charge in [-0.2, -0.15) is 0 Å². The number of fused-ring (bicyclic) bond motifs is 3. The van der Waals surface area contributed by atoms with Gasteiger partial charge in [0, 0.05) is 10.4 Å². The molecule has 1 atom stereocenters. The number of halogens is 3. The number of nitrogens with zero attached hydrogens (tertiary/aromatic N) is 1. The summed E-state index contributed by atoms with van der Waals surface area (Å²) in [5.41, 5.74) is 1.76. The van der Waals surface area contributed by atoms with Crippen LogP contribution in [-0.2, 0) is 19.4 Å². The molecule has 3 N–H and O–H groups in total. The Kier molecular flexibility index (Phi) is 4.77. The molecular weight excluding hydrogens is 396 g/mol. The van der Waals surface area contributed by atoms with Gasteiger partial charge >= 0.3 is 0 Å². The fourth-order valence-corrected chi connectivity index (χ4v) is 5.28. The van der Waals surface area contributed by atoms with Crippen LogP contribution in [-0.4, -0.2) is 9.97 Å². The van der Waals surface area contributed by atoms with E-state index in [1.807, 2.05) is 12.2 Å². The van der Waals surface area contributed by atoms with E-state index in [-0.39, 0.29) is 16.6 Å². The second-order valence-electron chi connectivity index (χ2n) is 6.57. The van der Waals surface area contributed by atoms with Crippen molar-refractivity contribution in [2.75, 3.05) is 0 Å². The van der Waals surface area contributed by atoms with Crippen molar-refractivity contribution >= 4 is 44.8 Å². The summed E-state index contributed by atoms with van der Waals surface area (Å²) in [5.74, 6) is 0.118. The molecular formula is C18H17Cl2FN3OS+. The van der Waals surface area contributed by atoms with Crippen molar-refractivity contribution in [3.63, 3.8) is 0 Å². The molecule has 0 unspecified atom stereocenters. The third-order valence-corrected chi connectivity index (χ3v) is 6.62. The maximum absolute atomic E-state index is 13.7. The highest BCUT2D eigenvalue weighted by Gasteiger charge is 2.22. The first-order chi connectivity index (χ1) is 12.4. The lowest BCUT2D eigenvalue weighted by molar-refractivity contribution is -0.708. The van der Waals surface area contributed by atoms with E-state index in [0.29, 0.717) is 23.0 Å². The monoisotopic (exact) mass is 412 g/mol.